The normalized spacial score (nSPS) is 22.2. The fraction of sp³-hybridized carbons (Fsp3) is 0.444. The number of piperidine rings is 1. The molecular weight excluding hydrogens is 336 g/mol. The second kappa shape index (κ2) is 6.78. The van der Waals surface area contributed by atoms with Crippen LogP contribution in [0.15, 0.2) is 35.1 Å². The molecular formula is C18H20N4O4. The minimum atomic E-state index is -0.156. The van der Waals surface area contributed by atoms with Crippen molar-refractivity contribution in [2.45, 2.75) is 18.9 Å². The van der Waals surface area contributed by atoms with E-state index in [1.807, 2.05) is 4.90 Å². The summed E-state index contributed by atoms with van der Waals surface area (Å²) in [6, 6.07) is 3.23. The fourth-order valence-electron chi connectivity index (χ4n) is 3.75. The number of aromatic nitrogens is 2. The predicted molar refractivity (Wildman–Crippen MR) is 90.7 cm³/mol. The molecule has 0 aromatic carbocycles. The Kier molecular flexibility index (Phi) is 4.32. The van der Waals surface area contributed by atoms with E-state index >= 15 is 0 Å². The molecule has 3 aliphatic rings. The van der Waals surface area contributed by atoms with Gasteiger partial charge < -0.3 is 19.0 Å². The van der Waals surface area contributed by atoms with Crippen molar-refractivity contribution in [1.82, 2.24) is 19.8 Å². The number of nitrogens with zero attached hydrogens (tertiary/aromatic N) is 4. The maximum absolute atomic E-state index is 12.9. The Morgan fingerprint density at radius 3 is 2.77 bits per heavy atom. The van der Waals surface area contributed by atoms with Crippen molar-refractivity contribution >= 4 is 11.8 Å². The SMILES string of the molecule is COc1ccc(C(=O)N2CC3CCC2CN(C(=O)c2cnccn2)C3)o1. The zero-order valence-corrected chi connectivity index (χ0v) is 14.5. The van der Waals surface area contributed by atoms with E-state index in [1.165, 1.54) is 19.5 Å². The van der Waals surface area contributed by atoms with Crippen LogP contribution < -0.4 is 4.74 Å². The smallest absolute Gasteiger partial charge is 0.290 e. The zero-order valence-electron chi connectivity index (χ0n) is 14.5. The van der Waals surface area contributed by atoms with Crippen molar-refractivity contribution in [3.05, 3.63) is 42.2 Å². The van der Waals surface area contributed by atoms with E-state index in [1.54, 1.807) is 23.2 Å². The number of methoxy groups -OCH3 is 1. The molecule has 3 fully saturated rings. The number of amides is 2. The number of ether oxygens (including phenoxy) is 1. The molecule has 2 bridgehead atoms. The van der Waals surface area contributed by atoms with Crippen LogP contribution >= 0.6 is 0 Å². The number of furan rings is 1. The van der Waals surface area contributed by atoms with E-state index in [9.17, 15) is 9.59 Å². The molecule has 0 N–H and O–H groups in total. The molecule has 0 radical (unpaired) electrons. The third kappa shape index (κ3) is 3.02. The first-order chi connectivity index (χ1) is 12.7. The first kappa shape index (κ1) is 16.6. The molecule has 2 aromatic heterocycles. The molecule has 2 amide bonds. The number of carbonyl (C=O) groups excluding carboxylic acids is 2. The Balaban J connectivity index is 1.53. The van der Waals surface area contributed by atoms with Gasteiger partial charge in [-0.15, -0.1) is 0 Å². The van der Waals surface area contributed by atoms with Crippen LogP contribution in [-0.4, -0.2) is 64.4 Å². The van der Waals surface area contributed by atoms with E-state index in [-0.39, 0.29) is 29.5 Å². The summed E-state index contributed by atoms with van der Waals surface area (Å²) in [6.07, 6.45) is 6.41. The van der Waals surface area contributed by atoms with Crippen LogP contribution in [0.1, 0.15) is 33.9 Å². The molecule has 5 rings (SSSR count). The van der Waals surface area contributed by atoms with Crippen molar-refractivity contribution in [2.75, 3.05) is 26.7 Å². The lowest BCUT2D eigenvalue weighted by atomic mass is 9.95. The maximum atomic E-state index is 12.9. The molecule has 8 nitrogen and oxygen atoms in total. The molecule has 136 valence electrons. The van der Waals surface area contributed by atoms with Gasteiger partial charge in [0.05, 0.1) is 13.3 Å². The lowest BCUT2D eigenvalue weighted by molar-refractivity contribution is 0.0539. The summed E-state index contributed by atoms with van der Waals surface area (Å²) in [5.74, 6) is 0.532. The standard InChI is InChI=1S/C18H20N4O4/c1-25-16-5-4-15(26-16)18(24)22-10-12-2-3-13(22)11-21(9-12)17(23)14-8-19-6-7-20-14/h4-8,12-13H,2-3,9-11H2,1H3. The summed E-state index contributed by atoms with van der Waals surface area (Å²) in [7, 11) is 1.50. The summed E-state index contributed by atoms with van der Waals surface area (Å²) >= 11 is 0. The summed E-state index contributed by atoms with van der Waals surface area (Å²) in [5, 5.41) is 0. The summed E-state index contributed by atoms with van der Waals surface area (Å²) in [5.41, 5.74) is 0.336. The molecule has 3 aliphatic heterocycles. The van der Waals surface area contributed by atoms with Crippen molar-refractivity contribution in [3.63, 3.8) is 0 Å². The van der Waals surface area contributed by atoms with E-state index in [2.05, 4.69) is 9.97 Å². The maximum Gasteiger partial charge on any atom is 0.290 e. The first-order valence-corrected chi connectivity index (χ1v) is 8.66. The van der Waals surface area contributed by atoms with Gasteiger partial charge in [0.25, 0.3) is 17.8 Å². The highest BCUT2D eigenvalue weighted by molar-refractivity contribution is 5.93. The molecule has 0 aliphatic carbocycles. The average Bonchev–Trinajstić information content (AvgIpc) is 2.98. The molecule has 0 saturated carbocycles. The van der Waals surface area contributed by atoms with E-state index < -0.39 is 0 Å². The van der Waals surface area contributed by atoms with Gasteiger partial charge in [0.15, 0.2) is 5.76 Å². The van der Waals surface area contributed by atoms with Crippen LogP contribution in [0, 0.1) is 5.92 Å². The number of rotatable bonds is 3. The third-order valence-electron chi connectivity index (χ3n) is 5.04. The molecule has 2 atom stereocenters. The van der Waals surface area contributed by atoms with Crippen LogP contribution in [0.3, 0.4) is 0 Å². The number of hydrogen-bond acceptors (Lipinski definition) is 6. The Morgan fingerprint density at radius 2 is 2.04 bits per heavy atom. The Hall–Kier alpha value is -2.90. The minimum Gasteiger partial charge on any atom is -0.468 e. The highest BCUT2D eigenvalue weighted by Crippen LogP contribution is 2.30. The zero-order chi connectivity index (χ0) is 18.1. The van der Waals surface area contributed by atoms with Crippen molar-refractivity contribution < 1.29 is 18.7 Å². The van der Waals surface area contributed by atoms with Gasteiger partial charge in [0.2, 0.25) is 0 Å². The molecule has 2 aromatic rings. The van der Waals surface area contributed by atoms with Gasteiger partial charge in [-0.2, -0.15) is 0 Å². The van der Waals surface area contributed by atoms with E-state index in [0.717, 1.165) is 12.8 Å². The topological polar surface area (TPSA) is 88.8 Å². The van der Waals surface area contributed by atoms with Crippen LogP contribution in [0.5, 0.6) is 5.95 Å². The first-order valence-electron chi connectivity index (χ1n) is 8.66. The largest absolute Gasteiger partial charge is 0.468 e. The van der Waals surface area contributed by atoms with E-state index in [0.29, 0.717) is 31.3 Å². The Bertz CT molecular complexity index is 807. The number of carbonyl (C=O) groups is 2. The monoisotopic (exact) mass is 356 g/mol. The van der Waals surface area contributed by atoms with Gasteiger partial charge in [-0.3, -0.25) is 14.6 Å². The van der Waals surface area contributed by atoms with Crippen LogP contribution in [0.25, 0.3) is 0 Å². The lowest BCUT2D eigenvalue weighted by Gasteiger charge is -2.35. The van der Waals surface area contributed by atoms with Gasteiger partial charge in [0, 0.05) is 44.1 Å². The molecule has 8 heteroatoms. The van der Waals surface area contributed by atoms with Crippen LogP contribution in [0.2, 0.25) is 0 Å². The van der Waals surface area contributed by atoms with Crippen molar-refractivity contribution in [2.24, 2.45) is 5.92 Å². The van der Waals surface area contributed by atoms with Crippen LogP contribution in [-0.2, 0) is 0 Å². The van der Waals surface area contributed by atoms with E-state index in [4.69, 9.17) is 9.15 Å². The molecule has 0 spiro atoms. The summed E-state index contributed by atoms with van der Waals surface area (Å²) in [6.45, 7) is 1.74. The second-order valence-electron chi connectivity index (χ2n) is 6.68. The fourth-order valence-corrected chi connectivity index (χ4v) is 3.75. The quantitative estimate of drug-likeness (QED) is 0.827. The highest BCUT2D eigenvalue weighted by Gasteiger charge is 2.40. The Morgan fingerprint density at radius 1 is 1.15 bits per heavy atom. The van der Waals surface area contributed by atoms with Gasteiger partial charge in [-0.1, -0.05) is 0 Å². The van der Waals surface area contributed by atoms with Crippen molar-refractivity contribution in [3.8, 4) is 5.95 Å². The summed E-state index contributed by atoms with van der Waals surface area (Å²) in [4.78, 5) is 37.3. The molecule has 2 unspecified atom stereocenters. The predicted octanol–water partition coefficient (Wildman–Crippen LogP) is 1.46. The van der Waals surface area contributed by atoms with Gasteiger partial charge >= 0.3 is 0 Å². The van der Waals surface area contributed by atoms with Gasteiger partial charge in [-0.05, 0) is 24.8 Å². The average molecular weight is 356 g/mol. The molecule has 3 saturated heterocycles. The number of hydrogen-bond donors (Lipinski definition) is 0. The molecule has 26 heavy (non-hydrogen) atoms. The van der Waals surface area contributed by atoms with Crippen molar-refractivity contribution in [1.29, 1.82) is 0 Å². The van der Waals surface area contributed by atoms with Gasteiger partial charge in [0.1, 0.15) is 5.69 Å². The number of fused-ring (bicyclic) bond motifs is 4. The second-order valence-corrected chi connectivity index (χ2v) is 6.68. The molecule has 5 heterocycles. The lowest BCUT2D eigenvalue weighted by Crippen LogP contribution is -2.47. The highest BCUT2D eigenvalue weighted by atomic mass is 16.6. The Labute approximate surface area is 150 Å². The third-order valence-corrected chi connectivity index (χ3v) is 5.04. The minimum absolute atomic E-state index is 0.0297. The summed E-state index contributed by atoms with van der Waals surface area (Å²) < 4.78 is 10.4. The van der Waals surface area contributed by atoms with Crippen LogP contribution in [0.4, 0.5) is 0 Å². The van der Waals surface area contributed by atoms with Gasteiger partial charge in [-0.25, -0.2) is 4.98 Å².